The number of aliphatic carboxylic acids is 1. The molecule has 0 saturated carbocycles. The van der Waals surface area contributed by atoms with E-state index in [0.29, 0.717) is 5.39 Å². The molecule has 6 nitrogen and oxygen atoms in total. The fourth-order valence-electron chi connectivity index (χ4n) is 2.12. The van der Waals surface area contributed by atoms with E-state index >= 15 is 0 Å². The summed E-state index contributed by atoms with van der Waals surface area (Å²) in [6.07, 6.45) is 0. The Kier molecular flexibility index (Phi) is 4.25. The van der Waals surface area contributed by atoms with Gasteiger partial charge in [0.1, 0.15) is 17.4 Å². The molecule has 0 bridgehead atoms. The minimum atomic E-state index is -4.17. The molecule has 0 aliphatic heterocycles. The van der Waals surface area contributed by atoms with Crippen LogP contribution in [0.25, 0.3) is 11.0 Å². The van der Waals surface area contributed by atoms with Crippen LogP contribution in [0.3, 0.4) is 0 Å². The standard InChI is InChI=1S/C14H16FNO5S/c1-7(2)12(13(17)18)16-22(19,20)14-8(3)10-6-9(15)4-5-11(10)21-14/h4-7,12,16H,1-3H3,(H,17,18). The summed E-state index contributed by atoms with van der Waals surface area (Å²) in [5.74, 6) is -2.24. The number of carboxylic acids is 1. The lowest BCUT2D eigenvalue weighted by Crippen LogP contribution is -2.44. The first-order chi connectivity index (χ1) is 10.1. The van der Waals surface area contributed by atoms with Gasteiger partial charge in [-0.25, -0.2) is 12.8 Å². The molecule has 0 aliphatic carbocycles. The average Bonchev–Trinajstić information content (AvgIpc) is 2.73. The number of hydrogen-bond acceptors (Lipinski definition) is 4. The Bertz CT molecular complexity index is 825. The molecule has 120 valence electrons. The lowest BCUT2D eigenvalue weighted by Gasteiger charge is -2.17. The topological polar surface area (TPSA) is 96.6 Å². The highest BCUT2D eigenvalue weighted by atomic mass is 32.2. The van der Waals surface area contributed by atoms with Gasteiger partial charge >= 0.3 is 5.97 Å². The van der Waals surface area contributed by atoms with Crippen LogP contribution in [-0.2, 0) is 14.8 Å². The van der Waals surface area contributed by atoms with Crippen molar-refractivity contribution in [3.8, 4) is 0 Å². The molecule has 0 saturated heterocycles. The minimum Gasteiger partial charge on any atom is -0.480 e. The van der Waals surface area contributed by atoms with Crippen molar-refractivity contribution in [3.05, 3.63) is 29.6 Å². The van der Waals surface area contributed by atoms with Gasteiger partial charge in [-0.1, -0.05) is 13.8 Å². The fraction of sp³-hybridized carbons (Fsp3) is 0.357. The number of nitrogens with one attached hydrogen (secondary N) is 1. The first kappa shape index (κ1) is 16.4. The van der Waals surface area contributed by atoms with E-state index in [0.717, 1.165) is 6.07 Å². The van der Waals surface area contributed by atoms with Gasteiger partial charge in [-0.15, -0.1) is 0 Å². The number of benzene rings is 1. The molecule has 22 heavy (non-hydrogen) atoms. The second-order valence-electron chi connectivity index (χ2n) is 5.34. The minimum absolute atomic E-state index is 0.218. The van der Waals surface area contributed by atoms with E-state index < -0.39 is 38.9 Å². The maximum absolute atomic E-state index is 13.3. The second-order valence-corrected chi connectivity index (χ2v) is 6.95. The zero-order chi connectivity index (χ0) is 16.7. The van der Waals surface area contributed by atoms with Crippen molar-refractivity contribution < 1.29 is 27.1 Å². The highest BCUT2D eigenvalue weighted by molar-refractivity contribution is 7.89. The summed E-state index contributed by atoms with van der Waals surface area (Å²) in [5.41, 5.74) is 0.450. The third-order valence-corrected chi connectivity index (χ3v) is 4.76. The smallest absolute Gasteiger partial charge is 0.322 e. The summed E-state index contributed by atoms with van der Waals surface area (Å²) >= 11 is 0. The summed E-state index contributed by atoms with van der Waals surface area (Å²) in [6, 6.07) is 2.37. The zero-order valence-electron chi connectivity index (χ0n) is 12.3. The zero-order valence-corrected chi connectivity index (χ0v) is 13.1. The number of furan rings is 1. The van der Waals surface area contributed by atoms with Crippen LogP contribution in [0.5, 0.6) is 0 Å². The second kappa shape index (κ2) is 5.69. The van der Waals surface area contributed by atoms with E-state index in [1.807, 2.05) is 0 Å². The number of carboxylic acid groups (broad SMARTS) is 1. The Morgan fingerprint density at radius 1 is 1.36 bits per heavy atom. The number of aryl methyl sites for hydroxylation is 1. The number of fused-ring (bicyclic) bond motifs is 1. The molecule has 1 aromatic heterocycles. The third kappa shape index (κ3) is 2.97. The molecule has 1 unspecified atom stereocenters. The largest absolute Gasteiger partial charge is 0.480 e. The van der Waals surface area contributed by atoms with E-state index in [2.05, 4.69) is 4.72 Å². The average molecular weight is 329 g/mol. The van der Waals surface area contributed by atoms with Crippen molar-refractivity contribution in [2.75, 3.05) is 0 Å². The molecular formula is C14H16FNO5S. The molecule has 0 spiro atoms. The van der Waals surface area contributed by atoms with E-state index in [9.17, 15) is 17.6 Å². The molecule has 2 N–H and O–H groups in total. The van der Waals surface area contributed by atoms with E-state index in [-0.39, 0.29) is 11.1 Å². The monoisotopic (exact) mass is 329 g/mol. The molecule has 1 aromatic carbocycles. The van der Waals surface area contributed by atoms with Gasteiger partial charge in [-0.05, 0) is 31.0 Å². The summed E-state index contributed by atoms with van der Waals surface area (Å²) < 4.78 is 45.4. The van der Waals surface area contributed by atoms with E-state index in [1.54, 1.807) is 13.8 Å². The summed E-state index contributed by atoms with van der Waals surface area (Å²) in [5, 5.41) is 9.02. The molecule has 0 radical (unpaired) electrons. The highest BCUT2D eigenvalue weighted by Crippen LogP contribution is 2.29. The Morgan fingerprint density at radius 3 is 2.55 bits per heavy atom. The van der Waals surface area contributed by atoms with Crippen LogP contribution in [0.2, 0.25) is 0 Å². The number of rotatable bonds is 5. The Morgan fingerprint density at radius 2 is 2.00 bits per heavy atom. The van der Waals surface area contributed by atoms with Crippen molar-refractivity contribution in [2.24, 2.45) is 5.92 Å². The quantitative estimate of drug-likeness (QED) is 0.877. The van der Waals surface area contributed by atoms with Crippen molar-refractivity contribution in [1.82, 2.24) is 4.72 Å². The SMILES string of the molecule is Cc1c(S(=O)(=O)NC(C(=O)O)C(C)C)oc2ccc(F)cc12. The van der Waals surface area contributed by atoms with Crippen LogP contribution in [0.15, 0.2) is 27.7 Å². The van der Waals surface area contributed by atoms with Gasteiger partial charge in [0.05, 0.1) is 0 Å². The van der Waals surface area contributed by atoms with Gasteiger partial charge in [0.2, 0.25) is 5.09 Å². The van der Waals surface area contributed by atoms with Crippen molar-refractivity contribution in [3.63, 3.8) is 0 Å². The predicted octanol–water partition coefficient (Wildman–Crippen LogP) is 2.27. The molecule has 0 fully saturated rings. The summed E-state index contributed by atoms with van der Waals surface area (Å²) in [6.45, 7) is 4.65. The molecule has 8 heteroatoms. The number of carbonyl (C=O) groups is 1. The van der Waals surface area contributed by atoms with Gasteiger partial charge in [0.25, 0.3) is 10.0 Å². The van der Waals surface area contributed by atoms with Gasteiger partial charge in [-0.3, -0.25) is 4.79 Å². The molecule has 2 rings (SSSR count). The Labute approximate surface area is 127 Å². The van der Waals surface area contributed by atoms with Gasteiger partial charge in [0.15, 0.2) is 0 Å². The van der Waals surface area contributed by atoms with Gasteiger partial charge in [-0.2, -0.15) is 4.72 Å². The summed E-state index contributed by atoms with van der Waals surface area (Å²) in [4.78, 5) is 11.1. The maximum Gasteiger partial charge on any atom is 0.322 e. The van der Waals surface area contributed by atoms with Crippen molar-refractivity contribution >= 4 is 27.0 Å². The van der Waals surface area contributed by atoms with Gasteiger partial charge < -0.3 is 9.52 Å². The van der Waals surface area contributed by atoms with Crippen LogP contribution in [-0.4, -0.2) is 25.5 Å². The van der Waals surface area contributed by atoms with Crippen molar-refractivity contribution in [1.29, 1.82) is 0 Å². The van der Waals surface area contributed by atoms with Crippen LogP contribution in [0.1, 0.15) is 19.4 Å². The van der Waals surface area contributed by atoms with E-state index in [1.165, 1.54) is 19.1 Å². The lowest BCUT2D eigenvalue weighted by molar-refractivity contribution is -0.140. The van der Waals surface area contributed by atoms with Crippen LogP contribution in [0, 0.1) is 18.7 Å². The first-order valence-corrected chi connectivity index (χ1v) is 8.05. The lowest BCUT2D eigenvalue weighted by atomic mass is 10.1. The van der Waals surface area contributed by atoms with Crippen molar-refractivity contribution in [2.45, 2.75) is 31.9 Å². The first-order valence-electron chi connectivity index (χ1n) is 6.57. The highest BCUT2D eigenvalue weighted by Gasteiger charge is 2.31. The van der Waals surface area contributed by atoms with Gasteiger partial charge in [0, 0.05) is 10.9 Å². The van der Waals surface area contributed by atoms with Crippen LogP contribution < -0.4 is 4.72 Å². The number of halogens is 1. The Hall–Kier alpha value is -1.93. The number of sulfonamides is 1. The maximum atomic E-state index is 13.3. The van der Waals surface area contributed by atoms with Crippen LogP contribution >= 0.6 is 0 Å². The van der Waals surface area contributed by atoms with E-state index in [4.69, 9.17) is 9.52 Å². The normalized spacial score (nSPS) is 13.7. The number of hydrogen-bond donors (Lipinski definition) is 2. The predicted molar refractivity (Wildman–Crippen MR) is 77.5 cm³/mol. The molecule has 2 aromatic rings. The molecule has 1 atom stereocenters. The molecule has 0 aliphatic rings. The van der Waals surface area contributed by atoms with Crippen LogP contribution in [0.4, 0.5) is 4.39 Å². The molecule has 0 amide bonds. The summed E-state index contributed by atoms with van der Waals surface area (Å²) in [7, 11) is -4.17. The fourth-order valence-corrected chi connectivity index (χ4v) is 3.65. The Balaban J connectivity index is 2.50. The third-order valence-electron chi connectivity index (χ3n) is 3.31. The molecular weight excluding hydrogens is 313 g/mol. The molecule has 1 heterocycles.